The Hall–Kier alpha value is -1.74. The monoisotopic (exact) mass is 244 g/mol. The summed E-state index contributed by atoms with van der Waals surface area (Å²) in [6, 6.07) is 8.57. The molecule has 18 heavy (non-hydrogen) atoms. The molecule has 0 saturated heterocycles. The van der Waals surface area contributed by atoms with E-state index in [1.54, 1.807) is 12.3 Å². The average Bonchev–Trinajstić information content (AvgIpc) is 2.32. The largest absolute Gasteiger partial charge is 0.322 e. The molecule has 0 spiro atoms. The summed E-state index contributed by atoms with van der Waals surface area (Å²) in [6.45, 7) is 3.91. The molecule has 1 aromatic carbocycles. The highest BCUT2D eigenvalue weighted by Crippen LogP contribution is 2.18. The van der Waals surface area contributed by atoms with Crippen LogP contribution in [-0.4, -0.2) is 4.98 Å². The Balaban J connectivity index is 2.18. The van der Waals surface area contributed by atoms with Gasteiger partial charge in [-0.25, -0.2) is 4.39 Å². The molecule has 2 aromatic rings. The molecule has 3 heteroatoms. The number of halogens is 1. The second kappa shape index (κ2) is 5.27. The third-order valence-electron chi connectivity index (χ3n) is 3.06. The van der Waals surface area contributed by atoms with Crippen molar-refractivity contribution < 1.29 is 4.39 Å². The van der Waals surface area contributed by atoms with Gasteiger partial charge in [0.15, 0.2) is 0 Å². The van der Waals surface area contributed by atoms with E-state index in [9.17, 15) is 4.39 Å². The third-order valence-corrected chi connectivity index (χ3v) is 3.06. The van der Waals surface area contributed by atoms with Crippen LogP contribution in [0.4, 0.5) is 4.39 Å². The van der Waals surface area contributed by atoms with Crippen molar-refractivity contribution in [1.82, 2.24) is 4.98 Å². The van der Waals surface area contributed by atoms with Gasteiger partial charge in [0.25, 0.3) is 0 Å². The molecule has 0 amide bonds. The second-order valence-corrected chi connectivity index (χ2v) is 4.64. The van der Waals surface area contributed by atoms with E-state index in [-0.39, 0.29) is 11.9 Å². The Bertz CT molecular complexity index is 552. The lowest BCUT2D eigenvalue weighted by atomic mass is 9.99. The summed E-state index contributed by atoms with van der Waals surface area (Å²) in [5.74, 6) is -0.210. The van der Waals surface area contributed by atoms with Crippen LogP contribution >= 0.6 is 0 Å². The van der Waals surface area contributed by atoms with Crippen molar-refractivity contribution in [1.29, 1.82) is 0 Å². The van der Waals surface area contributed by atoms with Crippen molar-refractivity contribution in [2.45, 2.75) is 26.3 Å². The maximum atomic E-state index is 13.0. The Kier molecular flexibility index (Phi) is 3.72. The summed E-state index contributed by atoms with van der Waals surface area (Å²) in [5, 5.41) is 0. The fourth-order valence-electron chi connectivity index (χ4n) is 1.99. The van der Waals surface area contributed by atoms with Crippen LogP contribution in [0, 0.1) is 19.7 Å². The van der Waals surface area contributed by atoms with E-state index < -0.39 is 0 Å². The fourth-order valence-corrected chi connectivity index (χ4v) is 1.99. The smallest absolute Gasteiger partial charge is 0.123 e. The van der Waals surface area contributed by atoms with Gasteiger partial charge in [-0.2, -0.15) is 0 Å². The highest BCUT2D eigenvalue weighted by molar-refractivity contribution is 5.29. The van der Waals surface area contributed by atoms with Gasteiger partial charge >= 0.3 is 0 Å². The maximum absolute atomic E-state index is 13.0. The molecule has 0 radical (unpaired) electrons. The minimum atomic E-state index is -0.210. The zero-order valence-electron chi connectivity index (χ0n) is 10.7. The first-order valence-corrected chi connectivity index (χ1v) is 5.99. The van der Waals surface area contributed by atoms with Gasteiger partial charge in [0.1, 0.15) is 5.82 Å². The van der Waals surface area contributed by atoms with E-state index in [0.29, 0.717) is 6.42 Å². The van der Waals surface area contributed by atoms with Crippen LogP contribution in [0.3, 0.4) is 0 Å². The van der Waals surface area contributed by atoms with Crippen LogP contribution in [0.2, 0.25) is 0 Å². The normalized spacial score (nSPS) is 12.4. The van der Waals surface area contributed by atoms with Crippen LogP contribution in [-0.2, 0) is 6.42 Å². The van der Waals surface area contributed by atoms with Gasteiger partial charge < -0.3 is 5.73 Å². The first-order valence-electron chi connectivity index (χ1n) is 5.99. The molecule has 0 bridgehead atoms. The molecule has 94 valence electrons. The average molecular weight is 244 g/mol. The van der Waals surface area contributed by atoms with Crippen LogP contribution < -0.4 is 5.73 Å². The van der Waals surface area contributed by atoms with Crippen LogP contribution in [0.15, 0.2) is 36.5 Å². The van der Waals surface area contributed by atoms with Crippen molar-refractivity contribution >= 4 is 0 Å². The molecular weight excluding hydrogens is 227 g/mol. The van der Waals surface area contributed by atoms with E-state index in [1.165, 1.54) is 12.1 Å². The van der Waals surface area contributed by atoms with Gasteiger partial charge in [0, 0.05) is 6.20 Å². The van der Waals surface area contributed by atoms with Gasteiger partial charge in [0.05, 0.1) is 11.7 Å². The third kappa shape index (κ3) is 2.93. The molecule has 2 nitrogen and oxygen atoms in total. The molecule has 1 heterocycles. The molecule has 2 N–H and O–H groups in total. The first-order chi connectivity index (χ1) is 8.56. The minimum absolute atomic E-state index is 0.158. The second-order valence-electron chi connectivity index (χ2n) is 4.64. The molecule has 2 rings (SSSR count). The lowest BCUT2D eigenvalue weighted by molar-refractivity contribution is 0.623. The van der Waals surface area contributed by atoms with Gasteiger partial charge in [-0.15, -0.1) is 0 Å². The standard InChI is InChI=1S/C15H17FN2/c1-10-5-6-18-15(7-10)14(17)9-12-3-4-13(16)8-11(12)2/h3-8,14H,9,17H2,1-2H3. The molecule has 0 aliphatic heterocycles. The number of pyridine rings is 1. The number of hydrogen-bond donors (Lipinski definition) is 1. The van der Waals surface area contributed by atoms with Gasteiger partial charge in [-0.1, -0.05) is 6.07 Å². The fraction of sp³-hybridized carbons (Fsp3) is 0.267. The van der Waals surface area contributed by atoms with Crippen LogP contribution in [0.1, 0.15) is 28.4 Å². The Morgan fingerprint density at radius 3 is 2.67 bits per heavy atom. The number of nitrogens with two attached hydrogens (primary N) is 1. The van der Waals surface area contributed by atoms with Crippen LogP contribution in [0.25, 0.3) is 0 Å². The predicted molar refractivity (Wildman–Crippen MR) is 70.7 cm³/mol. The zero-order valence-corrected chi connectivity index (χ0v) is 10.7. The summed E-state index contributed by atoms with van der Waals surface area (Å²) in [4.78, 5) is 4.28. The first kappa shape index (κ1) is 12.7. The molecule has 1 atom stereocenters. The van der Waals surface area contributed by atoms with Crippen molar-refractivity contribution in [2.75, 3.05) is 0 Å². The molecule has 0 aliphatic carbocycles. The highest BCUT2D eigenvalue weighted by Gasteiger charge is 2.10. The quantitative estimate of drug-likeness (QED) is 0.901. The minimum Gasteiger partial charge on any atom is -0.322 e. The predicted octanol–water partition coefficient (Wildman–Crippen LogP) is 3.08. The van der Waals surface area contributed by atoms with Gasteiger partial charge in [0.2, 0.25) is 0 Å². The summed E-state index contributed by atoms with van der Waals surface area (Å²) in [7, 11) is 0. The Morgan fingerprint density at radius 1 is 1.22 bits per heavy atom. The SMILES string of the molecule is Cc1ccnc(C(N)Cc2ccc(F)cc2C)c1. The molecule has 0 aliphatic rings. The Morgan fingerprint density at radius 2 is 2.00 bits per heavy atom. The Labute approximate surface area is 107 Å². The van der Waals surface area contributed by atoms with Crippen molar-refractivity contribution in [3.8, 4) is 0 Å². The lowest BCUT2D eigenvalue weighted by Crippen LogP contribution is -2.15. The zero-order chi connectivity index (χ0) is 13.1. The molecule has 1 unspecified atom stereocenters. The number of rotatable bonds is 3. The summed E-state index contributed by atoms with van der Waals surface area (Å²) in [6.07, 6.45) is 2.44. The van der Waals surface area contributed by atoms with Crippen molar-refractivity contribution in [3.63, 3.8) is 0 Å². The summed E-state index contributed by atoms with van der Waals surface area (Å²) >= 11 is 0. The van der Waals surface area contributed by atoms with E-state index in [1.807, 2.05) is 26.0 Å². The van der Waals surface area contributed by atoms with E-state index in [4.69, 9.17) is 5.73 Å². The summed E-state index contributed by atoms with van der Waals surface area (Å²) < 4.78 is 13.0. The molecule has 1 aromatic heterocycles. The van der Waals surface area contributed by atoms with E-state index in [2.05, 4.69) is 4.98 Å². The number of nitrogens with zero attached hydrogens (tertiary/aromatic N) is 1. The van der Waals surface area contributed by atoms with Crippen LogP contribution in [0.5, 0.6) is 0 Å². The lowest BCUT2D eigenvalue weighted by Gasteiger charge is -2.13. The van der Waals surface area contributed by atoms with Crippen molar-refractivity contribution in [3.05, 3.63) is 64.7 Å². The number of aromatic nitrogens is 1. The topological polar surface area (TPSA) is 38.9 Å². The molecule has 0 fully saturated rings. The highest BCUT2D eigenvalue weighted by atomic mass is 19.1. The number of aryl methyl sites for hydroxylation is 2. The van der Waals surface area contributed by atoms with Gasteiger partial charge in [-0.3, -0.25) is 4.98 Å². The molecular formula is C15H17FN2. The number of benzene rings is 1. The number of hydrogen-bond acceptors (Lipinski definition) is 2. The van der Waals surface area contributed by atoms with E-state index in [0.717, 1.165) is 22.4 Å². The summed E-state index contributed by atoms with van der Waals surface area (Å²) in [5.41, 5.74) is 10.2. The maximum Gasteiger partial charge on any atom is 0.123 e. The van der Waals surface area contributed by atoms with Gasteiger partial charge in [-0.05, 0) is 61.2 Å². The van der Waals surface area contributed by atoms with E-state index >= 15 is 0 Å². The molecule has 0 saturated carbocycles. The van der Waals surface area contributed by atoms with Crippen molar-refractivity contribution in [2.24, 2.45) is 5.73 Å².